The van der Waals surface area contributed by atoms with Crippen molar-refractivity contribution in [2.24, 2.45) is 0 Å². The molecule has 26 heavy (non-hydrogen) atoms. The summed E-state index contributed by atoms with van der Waals surface area (Å²) in [7, 11) is 0. The zero-order chi connectivity index (χ0) is 18.5. The van der Waals surface area contributed by atoms with Gasteiger partial charge in [0.2, 0.25) is 5.91 Å². The van der Waals surface area contributed by atoms with E-state index in [0.29, 0.717) is 12.5 Å². The van der Waals surface area contributed by atoms with Crippen LogP contribution in [0.15, 0.2) is 42.6 Å². The maximum atomic E-state index is 12.6. The minimum atomic E-state index is 0.156. The Labute approximate surface area is 156 Å². The Balaban J connectivity index is 1.56. The molecule has 1 fully saturated rings. The lowest BCUT2D eigenvalue weighted by Crippen LogP contribution is -2.50. The fourth-order valence-electron chi connectivity index (χ4n) is 3.41. The Morgan fingerprint density at radius 2 is 1.88 bits per heavy atom. The summed E-state index contributed by atoms with van der Waals surface area (Å²) in [6, 6.07) is 12.2. The number of carbonyl (C=O) groups is 1. The highest BCUT2D eigenvalue weighted by atomic mass is 16.2. The number of nitrogens with zero attached hydrogens (tertiary/aromatic N) is 3. The molecule has 5 heteroatoms. The third-order valence-corrected chi connectivity index (χ3v) is 4.95. The summed E-state index contributed by atoms with van der Waals surface area (Å²) in [6.45, 7) is 9.91. The van der Waals surface area contributed by atoms with Gasteiger partial charge in [-0.25, -0.2) is 4.98 Å². The van der Waals surface area contributed by atoms with Crippen molar-refractivity contribution >= 4 is 17.4 Å². The topological polar surface area (TPSA) is 48.5 Å². The quantitative estimate of drug-likeness (QED) is 0.897. The summed E-state index contributed by atoms with van der Waals surface area (Å²) < 4.78 is 0. The zero-order valence-electron chi connectivity index (χ0n) is 15.9. The van der Waals surface area contributed by atoms with Gasteiger partial charge in [0.05, 0.1) is 6.54 Å². The first kappa shape index (κ1) is 18.2. The molecule has 1 aromatic carbocycles. The fourth-order valence-corrected chi connectivity index (χ4v) is 3.41. The molecule has 1 saturated heterocycles. The summed E-state index contributed by atoms with van der Waals surface area (Å²) in [5.74, 6) is 1.57. The normalized spacial score (nSPS) is 14.6. The van der Waals surface area contributed by atoms with Crippen molar-refractivity contribution in [3.8, 4) is 0 Å². The third-order valence-electron chi connectivity index (χ3n) is 4.95. The molecule has 0 saturated carbocycles. The number of benzene rings is 1. The molecule has 1 aliphatic rings. The summed E-state index contributed by atoms with van der Waals surface area (Å²) >= 11 is 0. The van der Waals surface area contributed by atoms with E-state index in [-0.39, 0.29) is 5.91 Å². The average molecular weight is 352 g/mol. The number of nitrogens with one attached hydrogen (secondary N) is 1. The van der Waals surface area contributed by atoms with E-state index in [1.165, 1.54) is 11.1 Å². The molecule has 0 bridgehead atoms. The smallest absolute Gasteiger partial charge is 0.241 e. The van der Waals surface area contributed by atoms with Gasteiger partial charge in [-0.2, -0.15) is 0 Å². The Kier molecular flexibility index (Phi) is 5.76. The van der Waals surface area contributed by atoms with E-state index >= 15 is 0 Å². The van der Waals surface area contributed by atoms with Gasteiger partial charge >= 0.3 is 0 Å². The first-order chi connectivity index (χ1) is 12.6. The van der Waals surface area contributed by atoms with Gasteiger partial charge in [-0.1, -0.05) is 38.1 Å². The Bertz CT molecular complexity index is 737. The number of hydrogen-bond acceptors (Lipinski definition) is 4. The van der Waals surface area contributed by atoms with Crippen LogP contribution in [-0.4, -0.2) is 48.5 Å². The molecule has 1 N–H and O–H groups in total. The van der Waals surface area contributed by atoms with Crippen LogP contribution in [0.5, 0.6) is 0 Å². The molecule has 3 rings (SSSR count). The van der Waals surface area contributed by atoms with Crippen LogP contribution in [0.3, 0.4) is 0 Å². The van der Waals surface area contributed by atoms with E-state index in [2.05, 4.69) is 54.2 Å². The highest BCUT2D eigenvalue weighted by Gasteiger charge is 2.22. The molecule has 1 aromatic heterocycles. The highest BCUT2D eigenvalue weighted by Crippen LogP contribution is 2.27. The molecule has 2 aromatic rings. The predicted molar refractivity (Wildman–Crippen MR) is 107 cm³/mol. The Hall–Kier alpha value is -2.56. The maximum absolute atomic E-state index is 12.6. The van der Waals surface area contributed by atoms with Crippen LogP contribution >= 0.6 is 0 Å². The average Bonchev–Trinajstić information content (AvgIpc) is 2.67. The third kappa shape index (κ3) is 4.15. The molecule has 0 spiro atoms. The molecule has 0 aliphatic carbocycles. The molecular formula is C21H28N4O. The standard InChI is InChI=1S/C21H28N4O/c1-16(2)18-8-6-7-17(3)21(18)23-15-20(26)25-13-11-24(12-14-25)19-9-4-5-10-22-19/h4-10,16,23H,11-15H2,1-3H3. The summed E-state index contributed by atoms with van der Waals surface area (Å²) in [5.41, 5.74) is 3.55. The maximum Gasteiger partial charge on any atom is 0.241 e. The lowest BCUT2D eigenvalue weighted by atomic mass is 9.98. The number of para-hydroxylation sites is 1. The number of anilines is 2. The van der Waals surface area contributed by atoms with Gasteiger partial charge in [-0.3, -0.25) is 4.79 Å². The molecule has 1 amide bonds. The van der Waals surface area contributed by atoms with Crippen LogP contribution < -0.4 is 10.2 Å². The monoisotopic (exact) mass is 352 g/mol. The number of pyridine rings is 1. The Morgan fingerprint density at radius 3 is 2.54 bits per heavy atom. The molecule has 138 valence electrons. The lowest BCUT2D eigenvalue weighted by Gasteiger charge is -2.35. The second-order valence-electron chi connectivity index (χ2n) is 7.10. The Morgan fingerprint density at radius 1 is 1.12 bits per heavy atom. The van der Waals surface area contributed by atoms with Crippen LogP contribution in [0.2, 0.25) is 0 Å². The molecule has 2 heterocycles. The summed E-state index contributed by atoms with van der Waals surface area (Å²) in [4.78, 5) is 21.2. The number of rotatable bonds is 5. The molecule has 1 aliphatic heterocycles. The zero-order valence-corrected chi connectivity index (χ0v) is 15.9. The summed E-state index contributed by atoms with van der Waals surface area (Å²) in [6.07, 6.45) is 1.81. The minimum Gasteiger partial charge on any atom is -0.376 e. The number of carbonyl (C=O) groups excluding carboxylic acids is 1. The SMILES string of the molecule is Cc1cccc(C(C)C)c1NCC(=O)N1CCN(c2ccccn2)CC1. The molecule has 0 unspecified atom stereocenters. The van der Waals surface area contributed by atoms with Gasteiger partial charge in [0.1, 0.15) is 5.82 Å². The van der Waals surface area contributed by atoms with Crippen molar-refractivity contribution in [2.75, 3.05) is 42.9 Å². The molecule has 5 nitrogen and oxygen atoms in total. The van der Waals surface area contributed by atoms with E-state index in [0.717, 1.165) is 37.7 Å². The lowest BCUT2D eigenvalue weighted by molar-refractivity contribution is -0.129. The molecule has 0 radical (unpaired) electrons. The van der Waals surface area contributed by atoms with Crippen LogP contribution in [0.1, 0.15) is 30.9 Å². The number of amides is 1. The second kappa shape index (κ2) is 8.21. The van der Waals surface area contributed by atoms with Gasteiger partial charge in [0.25, 0.3) is 0 Å². The highest BCUT2D eigenvalue weighted by molar-refractivity contribution is 5.82. The number of piperazine rings is 1. The van der Waals surface area contributed by atoms with Gasteiger partial charge in [-0.05, 0) is 36.1 Å². The van der Waals surface area contributed by atoms with E-state index < -0.39 is 0 Å². The van der Waals surface area contributed by atoms with Crippen LogP contribution in [0, 0.1) is 6.92 Å². The van der Waals surface area contributed by atoms with Gasteiger partial charge in [0.15, 0.2) is 0 Å². The predicted octanol–water partition coefficient (Wildman–Crippen LogP) is 3.27. The number of hydrogen-bond donors (Lipinski definition) is 1. The largest absolute Gasteiger partial charge is 0.376 e. The summed E-state index contributed by atoms with van der Waals surface area (Å²) in [5, 5.41) is 3.39. The van der Waals surface area contributed by atoms with E-state index in [4.69, 9.17) is 0 Å². The number of aryl methyl sites for hydroxylation is 1. The second-order valence-corrected chi connectivity index (χ2v) is 7.10. The van der Waals surface area contributed by atoms with Crippen molar-refractivity contribution < 1.29 is 4.79 Å². The molecule has 0 atom stereocenters. The van der Waals surface area contributed by atoms with Crippen LogP contribution in [0.4, 0.5) is 11.5 Å². The van der Waals surface area contributed by atoms with Crippen molar-refractivity contribution in [3.05, 3.63) is 53.7 Å². The fraction of sp³-hybridized carbons (Fsp3) is 0.429. The number of aromatic nitrogens is 1. The van der Waals surface area contributed by atoms with Gasteiger partial charge in [0, 0.05) is 38.1 Å². The van der Waals surface area contributed by atoms with Crippen molar-refractivity contribution in [3.63, 3.8) is 0 Å². The first-order valence-corrected chi connectivity index (χ1v) is 9.33. The van der Waals surface area contributed by atoms with E-state index in [1.54, 1.807) is 0 Å². The van der Waals surface area contributed by atoms with Crippen LogP contribution in [0.25, 0.3) is 0 Å². The molecular weight excluding hydrogens is 324 g/mol. The van der Waals surface area contributed by atoms with Crippen LogP contribution in [-0.2, 0) is 4.79 Å². The van der Waals surface area contributed by atoms with Gasteiger partial charge in [-0.15, -0.1) is 0 Å². The van der Waals surface area contributed by atoms with E-state index in [9.17, 15) is 4.79 Å². The minimum absolute atomic E-state index is 0.156. The van der Waals surface area contributed by atoms with Crippen molar-refractivity contribution in [1.29, 1.82) is 0 Å². The first-order valence-electron chi connectivity index (χ1n) is 9.33. The van der Waals surface area contributed by atoms with Crippen molar-refractivity contribution in [1.82, 2.24) is 9.88 Å². The van der Waals surface area contributed by atoms with E-state index in [1.807, 2.05) is 29.3 Å². The van der Waals surface area contributed by atoms with Crippen molar-refractivity contribution in [2.45, 2.75) is 26.7 Å². The van der Waals surface area contributed by atoms with Gasteiger partial charge < -0.3 is 15.1 Å².